The monoisotopic (exact) mass is 256 g/mol. The van der Waals surface area contributed by atoms with Crippen LogP contribution in [0.2, 0.25) is 0 Å². The maximum atomic E-state index is 12.0. The van der Waals surface area contributed by atoms with Crippen LogP contribution >= 0.6 is 0 Å². The maximum absolute atomic E-state index is 12.0. The smallest absolute Gasteiger partial charge is 0.255 e. The highest BCUT2D eigenvalue weighted by molar-refractivity contribution is 6.04. The minimum absolute atomic E-state index is 0.0634. The third kappa shape index (κ3) is 3.04. The molecule has 0 radical (unpaired) electrons. The van der Waals surface area contributed by atoms with Crippen molar-refractivity contribution in [1.82, 2.24) is 0 Å². The second kappa shape index (κ2) is 5.44. The second-order valence-electron chi connectivity index (χ2n) is 4.27. The average Bonchev–Trinajstić information content (AvgIpc) is 2.39. The number of nitrogens with one attached hydrogen (secondary N) is 1. The Hall–Kier alpha value is -2.49. The summed E-state index contributed by atoms with van der Waals surface area (Å²) in [6.07, 6.45) is 0.854. The molecule has 1 amide bonds. The molecule has 4 heteroatoms. The van der Waals surface area contributed by atoms with Crippen LogP contribution in [0.5, 0.6) is 5.75 Å². The van der Waals surface area contributed by atoms with Gasteiger partial charge in [0.2, 0.25) is 0 Å². The van der Waals surface area contributed by atoms with Crippen LogP contribution in [-0.2, 0) is 6.42 Å². The van der Waals surface area contributed by atoms with Crippen LogP contribution in [0.15, 0.2) is 42.5 Å². The summed E-state index contributed by atoms with van der Waals surface area (Å²) in [7, 11) is 0. The molecule has 4 nitrogen and oxygen atoms in total. The van der Waals surface area contributed by atoms with Crippen LogP contribution in [0.3, 0.4) is 0 Å². The van der Waals surface area contributed by atoms with Crippen molar-refractivity contribution < 1.29 is 9.90 Å². The quantitative estimate of drug-likeness (QED) is 0.739. The number of anilines is 2. The molecule has 98 valence electrons. The van der Waals surface area contributed by atoms with E-state index in [4.69, 9.17) is 5.73 Å². The molecule has 0 fully saturated rings. The van der Waals surface area contributed by atoms with Crippen molar-refractivity contribution in [2.24, 2.45) is 0 Å². The van der Waals surface area contributed by atoms with Gasteiger partial charge >= 0.3 is 0 Å². The van der Waals surface area contributed by atoms with Crippen molar-refractivity contribution in [2.75, 3.05) is 11.1 Å². The molecule has 0 aliphatic heterocycles. The predicted molar refractivity (Wildman–Crippen MR) is 76.3 cm³/mol. The predicted octanol–water partition coefficient (Wildman–Crippen LogP) is 2.79. The fraction of sp³-hybridized carbons (Fsp3) is 0.133. The van der Waals surface area contributed by atoms with Crippen molar-refractivity contribution in [3.63, 3.8) is 0 Å². The van der Waals surface area contributed by atoms with Gasteiger partial charge in [-0.25, -0.2) is 0 Å². The molecule has 0 aliphatic carbocycles. The van der Waals surface area contributed by atoms with E-state index in [2.05, 4.69) is 5.32 Å². The molecule has 19 heavy (non-hydrogen) atoms. The summed E-state index contributed by atoms with van der Waals surface area (Å²) in [5, 5.41) is 12.1. The van der Waals surface area contributed by atoms with Gasteiger partial charge in [-0.3, -0.25) is 4.79 Å². The maximum Gasteiger partial charge on any atom is 0.255 e. The first-order valence-corrected chi connectivity index (χ1v) is 6.09. The number of hydrogen-bond donors (Lipinski definition) is 3. The third-order valence-corrected chi connectivity index (χ3v) is 2.89. The lowest BCUT2D eigenvalue weighted by Gasteiger charge is -2.08. The minimum Gasteiger partial charge on any atom is -0.508 e. The molecule has 0 spiro atoms. The largest absolute Gasteiger partial charge is 0.508 e. The Morgan fingerprint density at radius 1 is 1.26 bits per heavy atom. The van der Waals surface area contributed by atoms with Crippen LogP contribution in [0.4, 0.5) is 11.4 Å². The molecule has 0 unspecified atom stereocenters. The standard InChI is InChI=1S/C15H16N2O2/c1-2-10-6-7-12(9-14(10)16)17-15(19)11-4-3-5-13(18)8-11/h3-9,18H,2,16H2,1H3,(H,17,19). The second-order valence-corrected chi connectivity index (χ2v) is 4.27. The first kappa shape index (κ1) is 13.0. The number of nitrogen functional groups attached to an aromatic ring is 1. The molecular formula is C15H16N2O2. The van der Waals surface area contributed by atoms with Crippen molar-refractivity contribution in [1.29, 1.82) is 0 Å². The van der Waals surface area contributed by atoms with Gasteiger partial charge in [0.25, 0.3) is 5.91 Å². The van der Waals surface area contributed by atoms with E-state index in [-0.39, 0.29) is 11.7 Å². The summed E-state index contributed by atoms with van der Waals surface area (Å²) < 4.78 is 0. The van der Waals surface area contributed by atoms with E-state index in [0.717, 1.165) is 12.0 Å². The van der Waals surface area contributed by atoms with Gasteiger partial charge in [0, 0.05) is 16.9 Å². The number of carbonyl (C=O) groups is 1. The Labute approximate surface area is 111 Å². The first-order chi connectivity index (χ1) is 9.10. The molecular weight excluding hydrogens is 240 g/mol. The minimum atomic E-state index is -0.278. The summed E-state index contributed by atoms with van der Waals surface area (Å²) in [4.78, 5) is 12.0. The summed E-state index contributed by atoms with van der Waals surface area (Å²) >= 11 is 0. The van der Waals surface area contributed by atoms with Gasteiger partial charge in [0.1, 0.15) is 5.75 Å². The van der Waals surface area contributed by atoms with Crippen LogP contribution < -0.4 is 11.1 Å². The highest BCUT2D eigenvalue weighted by Gasteiger charge is 2.07. The Bertz CT molecular complexity index is 609. The topological polar surface area (TPSA) is 75.3 Å². The summed E-state index contributed by atoms with van der Waals surface area (Å²) in [5.41, 5.74) is 8.64. The van der Waals surface area contributed by atoms with Crippen molar-refractivity contribution in [3.05, 3.63) is 53.6 Å². The van der Waals surface area contributed by atoms with Crippen molar-refractivity contribution in [3.8, 4) is 5.75 Å². The fourth-order valence-electron chi connectivity index (χ4n) is 1.85. The van der Waals surface area contributed by atoms with Gasteiger partial charge in [-0.05, 0) is 42.3 Å². The summed E-state index contributed by atoms with van der Waals surface area (Å²) in [6.45, 7) is 2.02. The lowest BCUT2D eigenvalue weighted by molar-refractivity contribution is 0.102. The van der Waals surface area contributed by atoms with Crippen molar-refractivity contribution >= 4 is 17.3 Å². The van der Waals surface area contributed by atoms with Crippen LogP contribution in [0.1, 0.15) is 22.8 Å². The SMILES string of the molecule is CCc1ccc(NC(=O)c2cccc(O)c2)cc1N. The highest BCUT2D eigenvalue weighted by Crippen LogP contribution is 2.19. The molecule has 2 rings (SSSR count). The normalized spacial score (nSPS) is 10.2. The molecule has 0 bridgehead atoms. The number of phenols is 1. The van der Waals surface area contributed by atoms with Gasteiger partial charge in [-0.2, -0.15) is 0 Å². The Kier molecular flexibility index (Phi) is 3.71. The van der Waals surface area contributed by atoms with Gasteiger partial charge in [-0.15, -0.1) is 0 Å². The van der Waals surface area contributed by atoms with E-state index in [1.807, 2.05) is 19.1 Å². The summed E-state index contributed by atoms with van der Waals surface area (Å²) in [6, 6.07) is 11.6. The van der Waals surface area contributed by atoms with Gasteiger partial charge < -0.3 is 16.2 Å². The van der Waals surface area contributed by atoms with E-state index in [1.54, 1.807) is 18.2 Å². The molecule has 0 aromatic heterocycles. The number of rotatable bonds is 3. The summed E-state index contributed by atoms with van der Waals surface area (Å²) in [5.74, 6) is -0.215. The highest BCUT2D eigenvalue weighted by atomic mass is 16.3. The first-order valence-electron chi connectivity index (χ1n) is 6.09. The van der Waals surface area contributed by atoms with E-state index >= 15 is 0 Å². The lowest BCUT2D eigenvalue weighted by atomic mass is 10.1. The Balaban J connectivity index is 2.17. The zero-order valence-corrected chi connectivity index (χ0v) is 10.7. The number of phenolic OH excluding ortho intramolecular Hbond substituents is 1. The number of aryl methyl sites for hydroxylation is 1. The molecule has 0 heterocycles. The number of carbonyl (C=O) groups excluding carboxylic acids is 1. The number of benzene rings is 2. The van der Waals surface area contributed by atoms with Gasteiger partial charge in [0.15, 0.2) is 0 Å². The van der Waals surface area contributed by atoms with E-state index < -0.39 is 0 Å². The van der Waals surface area contributed by atoms with E-state index in [1.165, 1.54) is 12.1 Å². The van der Waals surface area contributed by atoms with Gasteiger partial charge in [-0.1, -0.05) is 19.1 Å². The van der Waals surface area contributed by atoms with E-state index in [9.17, 15) is 9.90 Å². The van der Waals surface area contributed by atoms with Crippen molar-refractivity contribution in [2.45, 2.75) is 13.3 Å². The lowest BCUT2D eigenvalue weighted by Crippen LogP contribution is -2.12. The number of amides is 1. The number of aromatic hydroxyl groups is 1. The van der Waals surface area contributed by atoms with Gasteiger partial charge in [0.05, 0.1) is 0 Å². The molecule has 0 aliphatic rings. The average molecular weight is 256 g/mol. The number of nitrogens with two attached hydrogens (primary N) is 1. The molecule has 2 aromatic rings. The molecule has 2 aromatic carbocycles. The Morgan fingerprint density at radius 2 is 2.05 bits per heavy atom. The Morgan fingerprint density at radius 3 is 2.68 bits per heavy atom. The molecule has 0 atom stereocenters. The molecule has 0 saturated carbocycles. The molecule has 0 saturated heterocycles. The fourth-order valence-corrected chi connectivity index (χ4v) is 1.85. The van der Waals surface area contributed by atoms with E-state index in [0.29, 0.717) is 16.9 Å². The zero-order valence-electron chi connectivity index (χ0n) is 10.7. The van der Waals surface area contributed by atoms with Crippen LogP contribution in [-0.4, -0.2) is 11.0 Å². The molecule has 4 N–H and O–H groups in total. The third-order valence-electron chi connectivity index (χ3n) is 2.89. The number of hydrogen-bond acceptors (Lipinski definition) is 3. The van der Waals surface area contributed by atoms with Crippen LogP contribution in [0, 0.1) is 0 Å². The zero-order chi connectivity index (χ0) is 13.8. The van der Waals surface area contributed by atoms with Crippen LogP contribution in [0.25, 0.3) is 0 Å².